The van der Waals surface area contributed by atoms with Gasteiger partial charge in [0.05, 0.1) is 0 Å². The Labute approximate surface area is 113 Å². The minimum absolute atomic E-state index is 0.0423. The van der Waals surface area contributed by atoms with E-state index in [2.05, 4.69) is 5.32 Å². The summed E-state index contributed by atoms with van der Waals surface area (Å²) < 4.78 is 0. The van der Waals surface area contributed by atoms with Gasteiger partial charge in [0.2, 0.25) is 11.8 Å². The van der Waals surface area contributed by atoms with E-state index >= 15 is 0 Å². The van der Waals surface area contributed by atoms with Gasteiger partial charge in [0.1, 0.15) is 6.04 Å². The zero-order valence-corrected chi connectivity index (χ0v) is 11.4. The smallest absolute Gasteiger partial charge is 0.243 e. The average molecular weight is 273 g/mol. The van der Waals surface area contributed by atoms with Crippen LogP contribution in [0.1, 0.15) is 44.9 Å². The summed E-state index contributed by atoms with van der Waals surface area (Å²) in [5, 5.41) is 2.99. The van der Waals surface area contributed by atoms with Crippen LogP contribution in [-0.4, -0.2) is 41.2 Å². The van der Waals surface area contributed by atoms with E-state index in [4.69, 9.17) is 11.6 Å². The first-order valence-electron chi connectivity index (χ1n) is 6.88. The van der Waals surface area contributed by atoms with E-state index in [-0.39, 0.29) is 17.9 Å². The van der Waals surface area contributed by atoms with Crippen molar-refractivity contribution < 1.29 is 9.59 Å². The Morgan fingerprint density at radius 2 is 2.00 bits per heavy atom. The molecule has 1 aliphatic heterocycles. The first-order chi connectivity index (χ1) is 8.72. The molecule has 4 nitrogen and oxygen atoms in total. The van der Waals surface area contributed by atoms with Crippen molar-refractivity contribution in [3.8, 4) is 0 Å². The highest BCUT2D eigenvalue weighted by Gasteiger charge is 2.35. The number of alkyl halides is 1. The molecule has 0 aromatic heterocycles. The Morgan fingerprint density at radius 1 is 1.22 bits per heavy atom. The molecule has 1 saturated carbocycles. The molecular formula is C13H21ClN2O2. The second-order valence-corrected chi connectivity index (χ2v) is 5.55. The van der Waals surface area contributed by atoms with Gasteiger partial charge >= 0.3 is 0 Å². The fourth-order valence-electron chi connectivity index (χ4n) is 2.38. The van der Waals surface area contributed by atoms with E-state index in [1.54, 1.807) is 4.90 Å². The molecule has 2 aliphatic rings. The van der Waals surface area contributed by atoms with Crippen molar-refractivity contribution >= 4 is 23.4 Å². The number of rotatable bonds is 6. The normalized spacial score (nSPS) is 23.2. The molecule has 2 amide bonds. The summed E-state index contributed by atoms with van der Waals surface area (Å²) in [5.41, 5.74) is 0. The second-order valence-electron chi connectivity index (χ2n) is 5.17. The number of nitrogens with one attached hydrogen (secondary N) is 1. The predicted octanol–water partition coefficient (Wildman–Crippen LogP) is 1.67. The fourth-order valence-corrected chi connectivity index (χ4v) is 2.57. The third-order valence-corrected chi connectivity index (χ3v) is 3.84. The van der Waals surface area contributed by atoms with Crippen LogP contribution in [0.4, 0.5) is 0 Å². The number of likely N-dealkylation sites (tertiary alicyclic amines) is 1. The Hall–Kier alpha value is -0.770. The zero-order chi connectivity index (χ0) is 13.0. The van der Waals surface area contributed by atoms with Crippen LogP contribution in [0, 0.1) is 0 Å². The van der Waals surface area contributed by atoms with Gasteiger partial charge in [-0.15, -0.1) is 11.6 Å². The van der Waals surface area contributed by atoms with Crippen LogP contribution in [0.5, 0.6) is 0 Å². The van der Waals surface area contributed by atoms with Crippen molar-refractivity contribution in [1.82, 2.24) is 10.2 Å². The lowest BCUT2D eigenvalue weighted by atomic mass is 10.2. The van der Waals surface area contributed by atoms with E-state index in [0.29, 0.717) is 18.3 Å². The average Bonchev–Trinajstić information content (AvgIpc) is 3.02. The molecule has 0 aromatic rings. The Bertz CT molecular complexity index is 318. The minimum Gasteiger partial charge on any atom is -0.352 e. The molecule has 2 fully saturated rings. The van der Waals surface area contributed by atoms with Crippen LogP contribution in [0.3, 0.4) is 0 Å². The van der Waals surface area contributed by atoms with Gasteiger partial charge in [-0.05, 0) is 38.5 Å². The summed E-state index contributed by atoms with van der Waals surface area (Å²) in [6.07, 6.45) is 6.10. The number of nitrogens with zero attached hydrogens (tertiary/aromatic N) is 1. The molecule has 1 unspecified atom stereocenters. The van der Waals surface area contributed by atoms with Gasteiger partial charge in [-0.3, -0.25) is 9.59 Å². The van der Waals surface area contributed by atoms with E-state index in [1.807, 2.05) is 0 Å². The van der Waals surface area contributed by atoms with Crippen LogP contribution in [-0.2, 0) is 9.59 Å². The van der Waals surface area contributed by atoms with E-state index in [9.17, 15) is 9.59 Å². The number of halogens is 1. The van der Waals surface area contributed by atoms with Gasteiger partial charge in [-0.2, -0.15) is 0 Å². The summed E-state index contributed by atoms with van der Waals surface area (Å²) in [5.74, 6) is 0.744. The SMILES string of the molecule is O=C(NC1CC1)C1CCCN1C(=O)CCCCCl. The monoisotopic (exact) mass is 272 g/mol. The quantitative estimate of drug-likeness (QED) is 0.591. The Balaban J connectivity index is 1.81. The van der Waals surface area contributed by atoms with Crippen LogP contribution < -0.4 is 5.32 Å². The second kappa shape index (κ2) is 6.41. The van der Waals surface area contributed by atoms with Crippen molar-refractivity contribution in [1.29, 1.82) is 0 Å². The lowest BCUT2D eigenvalue weighted by Crippen LogP contribution is -2.46. The number of carbonyl (C=O) groups is 2. The Kier molecular flexibility index (Phi) is 4.87. The maximum absolute atomic E-state index is 12.0. The summed E-state index contributed by atoms with van der Waals surface area (Å²) >= 11 is 5.60. The number of hydrogen-bond donors (Lipinski definition) is 1. The fraction of sp³-hybridized carbons (Fsp3) is 0.846. The van der Waals surface area contributed by atoms with Gasteiger partial charge < -0.3 is 10.2 Å². The molecule has 1 atom stereocenters. The van der Waals surface area contributed by atoms with Crippen molar-refractivity contribution in [2.24, 2.45) is 0 Å². The Morgan fingerprint density at radius 3 is 2.67 bits per heavy atom. The number of hydrogen-bond acceptors (Lipinski definition) is 2. The van der Waals surface area contributed by atoms with Crippen LogP contribution in [0.15, 0.2) is 0 Å². The molecule has 1 N–H and O–H groups in total. The first-order valence-corrected chi connectivity index (χ1v) is 7.41. The molecule has 0 bridgehead atoms. The van der Waals surface area contributed by atoms with Gasteiger partial charge in [0, 0.05) is 24.9 Å². The summed E-state index contributed by atoms with van der Waals surface area (Å²) in [6, 6.07) is 0.139. The van der Waals surface area contributed by atoms with Gasteiger partial charge in [-0.25, -0.2) is 0 Å². The van der Waals surface area contributed by atoms with Crippen molar-refractivity contribution in [2.45, 2.75) is 57.0 Å². The van der Waals surface area contributed by atoms with E-state index in [1.165, 1.54) is 0 Å². The molecule has 102 valence electrons. The van der Waals surface area contributed by atoms with Gasteiger partial charge in [0.25, 0.3) is 0 Å². The minimum atomic E-state index is -0.228. The molecule has 2 rings (SSSR count). The van der Waals surface area contributed by atoms with E-state index < -0.39 is 0 Å². The van der Waals surface area contributed by atoms with Gasteiger partial charge in [-0.1, -0.05) is 0 Å². The van der Waals surface area contributed by atoms with Crippen LogP contribution in [0.25, 0.3) is 0 Å². The lowest BCUT2D eigenvalue weighted by molar-refractivity contribution is -0.138. The van der Waals surface area contributed by atoms with Crippen molar-refractivity contribution in [3.05, 3.63) is 0 Å². The molecule has 1 aliphatic carbocycles. The third-order valence-electron chi connectivity index (χ3n) is 3.57. The van der Waals surface area contributed by atoms with Crippen molar-refractivity contribution in [3.63, 3.8) is 0 Å². The molecule has 1 heterocycles. The number of carbonyl (C=O) groups excluding carboxylic acids is 2. The molecule has 0 aromatic carbocycles. The largest absolute Gasteiger partial charge is 0.352 e. The third kappa shape index (κ3) is 3.61. The highest BCUT2D eigenvalue weighted by Crippen LogP contribution is 2.23. The first kappa shape index (κ1) is 13.7. The van der Waals surface area contributed by atoms with Crippen molar-refractivity contribution in [2.75, 3.05) is 12.4 Å². The molecular weight excluding hydrogens is 252 g/mol. The molecule has 0 spiro atoms. The predicted molar refractivity (Wildman–Crippen MR) is 70.5 cm³/mol. The summed E-state index contributed by atoms with van der Waals surface area (Å²) in [6.45, 7) is 0.725. The molecule has 18 heavy (non-hydrogen) atoms. The van der Waals surface area contributed by atoms with Gasteiger partial charge in [0.15, 0.2) is 0 Å². The lowest BCUT2D eigenvalue weighted by Gasteiger charge is -2.24. The topological polar surface area (TPSA) is 49.4 Å². The number of unbranched alkanes of at least 4 members (excludes halogenated alkanes) is 1. The highest BCUT2D eigenvalue weighted by atomic mass is 35.5. The molecule has 0 radical (unpaired) electrons. The highest BCUT2D eigenvalue weighted by molar-refractivity contribution is 6.17. The van der Waals surface area contributed by atoms with Crippen LogP contribution in [0.2, 0.25) is 0 Å². The maximum Gasteiger partial charge on any atom is 0.243 e. The molecule has 1 saturated heterocycles. The molecule has 5 heteroatoms. The number of amides is 2. The zero-order valence-electron chi connectivity index (χ0n) is 10.7. The standard InChI is InChI=1S/C13H21ClN2O2/c14-8-2-1-5-12(17)16-9-3-4-11(16)13(18)15-10-6-7-10/h10-11H,1-9H2,(H,15,18). The summed E-state index contributed by atoms with van der Waals surface area (Å²) in [7, 11) is 0. The van der Waals surface area contributed by atoms with E-state index in [0.717, 1.165) is 45.1 Å². The summed E-state index contributed by atoms with van der Waals surface area (Å²) in [4.78, 5) is 25.8. The van der Waals surface area contributed by atoms with Crippen LogP contribution >= 0.6 is 11.6 Å². The maximum atomic E-state index is 12.0.